The summed E-state index contributed by atoms with van der Waals surface area (Å²) in [6.45, 7) is 3.99. The second kappa shape index (κ2) is 8.32. The Bertz CT molecular complexity index is 467. The lowest BCUT2D eigenvalue weighted by molar-refractivity contribution is -0.143. The molecule has 0 saturated heterocycles. The maximum atomic E-state index is 11.7. The molecule has 20 heavy (non-hydrogen) atoms. The molecular weight excluding hydrogens is 260 g/mol. The molecule has 0 bridgehead atoms. The Morgan fingerprint density at radius 1 is 1.10 bits per heavy atom. The van der Waals surface area contributed by atoms with Crippen LogP contribution in [-0.4, -0.2) is 30.3 Å². The van der Waals surface area contributed by atoms with Gasteiger partial charge in [-0.3, -0.25) is 4.79 Å². The number of aliphatic hydroxyl groups is 1. The van der Waals surface area contributed by atoms with Gasteiger partial charge in [0.05, 0.1) is 25.4 Å². The fourth-order valence-corrected chi connectivity index (χ4v) is 1.82. The van der Waals surface area contributed by atoms with Crippen LogP contribution in [0.1, 0.15) is 41.8 Å². The topological polar surface area (TPSA) is 72.8 Å². The summed E-state index contributed by atoms with van der Waals surface area (Å²) >= 11 is 0. The third kappa shape index (κ3) is 4.66. The van der Waals surface area contributed by atoms with Crippen LogP contribution in [0.25, 0.3) is 0 Å². The summed E-state index contributed by atoms with van der Waals surface area (Å²) in [7, 11) is 0. The summed E-state index contributed by atoms with van der Waals surface area (Å²) in [6.07, 6.45) is 0.634. The molecule has 0 amide bonds. The predicted molar refractivity (Wildman–Crippen MR) is 73.3 cm³/mol. The maximum Gasteiger partial charge on any atom is 0.338 e. The minimum Gasteiger partial charge on any atom is -0.466 e. The number of aryl methyl sites for hydroxylation is 1. The molecule has 1 aromatic rings. The molecule has 0 aliphatic rings. The third-order valence-corrected chi connectivity index (χ3v) is 2.79. The van der Waals surface area contributed by atoms with E-state index in [-0.39, 0.29) is 19.0 Å². The van der Waals surface area contributed by atoms with Gasteiger partial charge in [-0.25, -0.2) is 4.79 Å². The van der Waals surface area contributed by atoms with Crippen LogP contribution in [-0.2, 0) is 27.3 Å². The molecule has 1 rings (SSSR count). The van der Waals surface area contributed by atoms with Gasteiger partial charge < -0.3 is 14.6 Å². The Labute approximate surface area is 118 Å². The van der Waals surface area contributed by atoms with E-state index in [9.17, 15) is 14.7 Å². The van der Waals surface area contributed by atoms with Crippen molar-refractivity contribution in [2.45, 2.75) is 33.3 Å². The standard InChI is InChI=1S/C15H20O5/c1-3-19-14(17)8-7-11-9-12(15(18)20-4-2)5-6-13(11)10-16/h5-6,9,16H,3-4,7-8,10H2,1-2H3. The molecule has 5 nitrogen and oxygen atoms in total. The van der Waals surface area contributed by atoms with Crippen LogP contribution in [0, 0.1) is 0 Å². The van der Waals surface area contributed by atoms with Gasteiger partial charge in [0, 0.05) is 6.42 Å². The van der Waals surface area contributed by atoms with E-state index < -0.39 is 5.97 Å². The molecule has 0 spiro atoms. The minimum absolute atomic E-state index is 0.138. The lowest BCUT2D eigenvalue weighted by Crippen LogP contribution is -2.09. The Balaban J connectivity index is 2.83. The number of hydrogen-bond donors (Lipinski definition) is 1. The summed E-state index contributed by atoms with van der Waals surface area (Å²) in [4.78, 5) is 23.0. The zero-order valence-electron chi connectivity index (χ0n) is 11.8. The molecule has 5 heteroatoms. The highest BCUT2D eigenvalue weighted by Gasteiger charge is 2.11. The second-order valence-corrected chi connectivity index (χ2v) is 4.17. The first-order valence-electron chi connectivity index (χ1n) is 6.67. The summed E-state index contributed by atoms with van der Waals surface area (Å²) in [5, 5.41) is 9.29. The monoisotopic (exact) mass is 280 g/mol. The number of esters is 2. The van der Waals surface area contributed by atoms with Crippen molar-refractivity contribution in [3.8, 4) is 0 Å². The number of hydrogen-bond acceptors (Lipinski definition) is 5. The fourth-order valence-electron chi connectivity index (χ4n) is 1.82. The zero-order chi connectivity index (χ0) is 15.0. The lowest BCUT2D eigenvalue weighted by Gasteiger charge is -2.10. The summed E-state index contributed by atoms with van der Waals surface area (Å²) < 4.78 is 9.79. The Hall–Kier alpha value is -1.88. The van der Waals surface area contributed by atoms with Crippen molar-refractivity contribution in [1.29, 1.82) is 0 Å². The number of ether oxygens (including phenoxy) is 2. The van der Waals surface area contributed by atoms with Crippen LogP contribution >= 0.6 is 0 Å². The number of aliphatic hydroxyl groups excluding tert-OH is 1. The van der Waals surface area contributed by atoms with E-state index in [0.717, 1.165) is 5.56 Å². The normalized spacial score (nSPS) is 10.2. The predicted octanol–water partition coefficient (Wildman–Crippen LogP) is 1.85. The molecule has 0 fully saturated rings. The van der Waals surface area contributed by atoms with Gasteiger partial charge >= 0.3 is 11.9 Å². The Morgan fingerprint density at radius 2 is 1.80 bits per heavy atom. The second-order valence-electron chi connectivity index (χ2n) is 4.17. The van der Waals surface area contributed by atoms with Crippen LogP contribution in [0.5, 0.6) is 0 Å². The first-order chi connectivity index (χ1) is 9.62. The van der Waals surface area contributed by atoms with Crippen LogP contribution in [0.2, 0.25) is 0 Å². The Kier molecular flexibility index (Phi) is 6.73. The van der Waals surface area contributed by atoms with E-state index in [1.54, 1.807) is 32.0 Å². The van der Waals surface area contributed by atoms with Crippen molar-refractivity contribution < 1.29 is 24.2 Å². The molecule has 0 aliphatic carbocycles. The quantitative estimate of drug-likeness (QED) is 0.772. The number of carbonyl (C=O) groups is 2. The van der Waals surface area contributed by atoms with E-state index in [1.807, 2.05) is 0 Å². The molecule has 1 aromatic carbocycles. The third-order valence-electron chi connectivity index (χ3n) is 2.79. The number of rotatable bonds is 7. The average molecular weight is 280 g/mol. The van der Waals surface area contributed by atoms with Gasteiger partial charge in [0.15, 0.2) is 0 Å². The van der Waals surface area contributed by atoms with Crippen LogP contribution in [0.3, 0.4) is 0 Å². The molecule has 0 aromatic heterocycles. The first kappa shape index (κ1) is 16.2. The highest BCUT2D eigenvalue weighted by Crippen LogP contribution is 2.16. The largest absolute Gasteiger partial charge is 0.466 e. The Morgan fingerprint density at radius 3 is 2.40 bits per heavy atom. The fraction of sp³-hybridized carbons (Fsp3) is 0.467. The summed E-state index contributed by atoms with van der Waals surface area (Å²) in [5.74, 6) is -0.702. The maximum absolute atomic E-state index is 11.7. The summed E-state index contributed by atoms with van der Waals surface area (Å²) in [6, 6.07) is 4.94. The first-order valence-corrected chi connectivity index (χ1v) is 6.67. The van der Waals surface area contributed by atoms with E-state index in [0.29, 0.717) is 30.8 Å². The van der Waals surface area contributed by atoms with E-state index >= 15 is 0 Å². The van der Waals surface area contributed by atoms with E-state index in [4.69, 9.17) is 9.47 Å². The molecule has 0 atom stereocenters. The molecule has 0 heterocycles. The van der Waals surface area contributed by atoms with Crippen molar-refractivity contribution in [1.82, 2.24) is 0 Å². The molecule has 0 saturated carbocycles. The summed E-state index contributed by atoms with van der Waals surface area (Å²) in [5.41, 5.74) is 1.87. The molecule has 110 valence electrons. The van der Waals surface area contributed by atoms with Gasteiger partial charge in [-0.2, -0.15) is 0 Å². The van der Waals surface area contributed by atoms with E-state index in [1.165, 1.54) is 0 Å². The minimum atomic E-state index is -0.408. The molecule has 0 aliphatic heterocycles. The van der Waals surface area contributed by atoms with Crippen molar-refractivity contribution >= 4 is 11.9 Å². The van der Waals surface area contributed by atoms with Gasteiger partial charge in [-0.15, -0.1) is 0 Å². The highest BCUT2D eigenvalue weighted by atomic mass is 16.5. The van der Waals surface area contributed by atoms with Crippen molar-refractivity contribution in [2.24, 2.45) is 0 Å². The van der Waals surface area contributed by atoms with Gasteiger partial charge in [0.1, 0.15) is 0 Å². The SMILES string of the molecule is CCOC(=O)CCc1cc(C(=O)OCC)ccc1CO. The molecule has 0 unspecified atom stereocenters. The smallest absolute Gasteiger partial charge is 0.338 e. The van der Waals surface area contributed by atoms with Crippen molar-refractivity contribution in [3.05, 3.63) is 34.9 Å². The molecular formula is C15H20O5. The number of benzene rings is 1. The van der Waals surface area contributed by atoms with E-state index in [2.05, 4.69) is 0 Å². The number of carbonyl (C=O) groups excluding carboxylic acids is 2. The van der Waals surface area contributed by atoms with Gasteiger partial charge in [0.25, 0.3) is 0 Å². The average Bonchev–Trinajstić information content (AvgIpc) is 2.45. The van der Waals surface area contributed by atoms with Gasteiger partial charge in [-0.05, 0) is 43.5 Å². The van der Waals surface area contributed by atoms with Crippen LogP contribution in [0.15, 0.2) is 18.2 Å². The van der Waals surface area contributed by atoms with Crippen LogP contribution < -0.4 is 0 Å². The molecule has 0 radical (unpaired) electrons. The molecule has 1 N–H and O–H groups in total. The van der Waals surface area contributed by atoms with Crippen molar-refractivity contribution in [2.75, 3.05) is 13.2 Å². The lowest BCUT2D eigenvalue weighted by atomic mass is 10.0. The van der Waals surface area contributed by atoms with Crippen molar-refractivity contribution in [3.63, 3.8) is 0 Å². The zero-order valence-corrected chi connectivity index (χ0v) is 11.8. The van der Waals surface area contributed by atoms with Gasteiger partial charge in [0.2, 0.25) is 0 Å². The highest BCUT2D eigenvalue weighted by molar-refractivity contribution is 5.89. The van der Waals surface area contributed by atoms with Gasteiger partial charge in [-0.1, -0.05) is 6.07 Å². The van der Waals surface area contributed by atoms with Crippen LogP contribution in [0.4, 0.5) is 0 Å².